The standard InChI is InChI=1S/C10H17N3O/c1-10(2,3)9-12-8(13-14-9)7-5-4-6-11-7/h7,11H,4-6H2,1-3H3. The van der Waals surface area contributed by atoms with E-state index in [0.29, 0.717) is 6.04 Å². The zero-order chi connectivity index (χ0) is 10.2. The molecule has 2 heterocycles. The normalized spacial score (nSPS) is 22.9. The first-order valence-corrected chi connectivity index (χ1v) is 5.15. The van der Waals surface area contributed by atoms with Crippen LogP contribution in [-0.4, -0.2) is 16.7 Å². The molecule has 2 rings (SSSR count). The lowest BCUT2D eigenvalue weighted by atomic mass is 9.97. The Kier molecular flexibility index (Phi) is 2.31. The summed E-state index contributed by atoms with van der Waals surface area (Å²) >= 11 is 0. The summed E-state index contributed by atoms with van der Waals surface area (Å²) in [5.74, 6) is 1.54. The Bertz CT molecular complexity index is 307. The lowest BCUT2D eigenvalue weighted by Crippen LogP contribution is -2.15. The Labute approximate surface area is 84.1 Å². The fourth-order valence-electron chi connectivity index (χ4n) is 1.59. The highest BCUT2D eigenvalue weighted by Gasteiger charge is 2.26. The third kappa shape index (κ3) is 1.80. The summed E-state index contributed by atoms with van der Waals surface area (Å²) in [5.41, 5.74) is -0.0517. The average molecular weight is 195 g/mol. The van der Waals surface area contributed by atoms with E-state index in [-0.39, 0.29) is 5.41 Å². The molecule has 1 saturated heterocycles. The second-order valence-corrected chi connectivity index (χ2v) is 4.86. The third-order valence-corrected chi connectivity index (χ3v) is 2.46. The number of rotatable bonds is 1. The summed E-state index contributed by atoms with van der Waals surface area (Å²) in [6.07, 6.45) is 2.31. The molecule has 1 fully saturated rings. The molecule has 0 bridgehead atoms. The van der Waals surface area contributed by atoms with E-state index in [1.54, 1.807) is 0 Å². The maximum Gasteiger partial charge on any atom is 0.232 e. The van der Waals surface area contributed by atoms with Crippen LogP contribution in [-0.2, 0) is 5.41 Å². The second kappa shape index (κ2) is 3.35. The molecular formula is C10H17N3O. The van der Waals surface area contributed by atoms with Crippen LogP contribution in [0.25, 0.3) is 0 Å². The van der Waals surface area contributed by atoms with Crippen LogP contribution in [0.1, 0.15) is 51.4 Å². The van der Waals surface area contributed by atoms with Crippen molar-refractivity contribution in [3.8, 4) is 0 Å². The molecule has 1 aliphatic heterocycles. The van der Waals surface area contributed by atoms with Crippen LogP contribution in [0.5, 0.6) is 0 Å². The zero-order valence-electron chi connectivity index (χ0n) is 9.00. The van der Waals surface area contributed by atoms with Crippen molar-refractivity contribution in [3.05, 3.63) is 11.7 Å². The Morgan fingerprint density at radius 2 is 2.21 bits per heavy atom. The van der Waals surface area contributed by atoms with Crippen LogP contribution >= 0.6 is 0 Å². The number of aromatic nitrogens is 2. The van der Waals surface area contributed by atoms with Crippen molar-refractivity contribution >= 4 is 0 Å². The summed E-state index contributed by atoms with van der Waals surface area (Å²) in [6.45, 7) is 7.29. The minimum Gasteiger partial charge on any atom is -0.339 e. The molecule has 4 heteroatoms. The van der Waals surface area contributed by atoms with Gasteiger partial charge in [0, 0.05) is 5.41 Å². The number of hydrogen-bond acceptors (Lipinski definition) is 4. The molecule has 78 valence electrons. The second-order valence-electron chi connectivity index (χ2n) is 4.86. The smallest absolute Gasteiger partial charge is 0.232 e. The van der Waals surface area contributed by atoms with Crippen molar-refractivity contribution in [1.82, 2.24) is 15.5 Å². The first kappa shape index (κ1) is 9.65. The van der Waals surface area contributed by atoms with Gasteiger partial charge in [0.05, 0.1) is 6.04 Å². The molecule has 0 amide bonds. The molecule has 0 aromatic carbocycles. The van der Waals surface area contributed by atoms with E-state index in [1.807, 2.05) is 0 Å². The SMILES string of the molecule is CC(C)(C)c1nc(C2CCCN2)no1. The quantitative estimate of drug-likeness (QED) is 0.742. The maximum absolute atomic E-state index is 5.24. The summed E-state index contributed by atoms with van der Waals surface area (Å²) < 4.78 is 5.24. The summed E-state index contributed by atoms with van der Waals surface area (Å²) in [5, 5.41) is 7.37. The molecule has 1 N–H and O–H groups in total. The topological polar surface area (TPSA) is 51.0 Å². The van der Waals surface area contributed by atoms with E-state index in [1.165, 1.54) is 6.42 Å². The molecule has 1 unspecified atom stereocenters. The molecule has 4 nitrogen and oxygen atoms in total. The molecule has 0 aliphatic carbocycles. The minimum atomic E-state index is -0.0517. The van der Waals surface area contributed by atoms with Crippen molar-refractivity contribution in [2.75, 3.05) is 6.54 Å². The van der Waals surface area contributed by atoms with Gasteiger partial charge in [-0.3, -0.25) is 0 Å². The fraction of sp³-hybridized carbons (Fsp3) is 0.800. The molecule has 1 aromatic heterocycles. The molecule has 1 aromatic rings. The van der Waals surface area contributed by atoms with Crippen LogP contribution in [0.15, 0.2) is 4.52 Å². The summed E-state index contributed by atoms with van der Waals surface area (Å²) in [6, 6.07) is 0.301. The molecule has 0 saturated carbocycles. The molecule has 1 atom stereocenters. The van der Waals surface area contributed by atoms with Gasteiger partial charge in [-0.1, -0.05) is 25.9 Å². The van der Waals surface area contributed by atoms with Gasteiger partial charge in [0.1, 0.15) is 0 Å². The van der Waals surface area contributed by atoms with Gasteiger partial charge in [0.15, 0.2) is 5.82 Å². The van der Waals surface area contributed by atoms with Gasteiger partial charge in [-0.2, -0.15) is 4.98 Å². The lowest BCUT2D eigenvalue weighted by molar-refractivity contribution is 0.316. The number of hydrogen-bond donors (Lipinski definition) is 1. The lowest BCUT2D eigenvalue weighted by Gasteiger charge is -2.10. The van der Waals surface area contributed by atoms with Gasteiger partial charge in [-0.15, -0.1) is 0 Å². The van der Waals surface area contributed by atoms with Gasteiger partial charge in [-0.25, -0.2) is 0 Å². The molecule has 14 heavy (non-hydrogen) atoms. The Morgan fingerprint density at radius 1 is 1.43 bits per heavy atom. The highest BCUT2D eigenvalue weighted by molar-refractivity contribution is 5.02. The van der Waals surface area contributed by atoms with Crippen molar-refractivity contribution in [1.29, 1.82) is 0 Å². The van der Waals surface area contributed by atoms with Crippen molar-refractivity contribution in [2.45, 2.75) is 45.1 Å². The highest BCUT2D eigenvalue weighted by atomic mass is 16.5. The monoisotopic (exact) mass is 195 g/mol. The number of nitrogens with one attached hydrogen (secondary N) is 1. The van der Waals surface area contributed by atoms with Crippen LogP contribution in [0.4, 0.5) is 0 Å². The van der Waals surface area contributed by atoms with E-state index >= 15 is 0 Å². The van der Waals surface area contributed by atoms with E-state index in [2.05, 4.69) is 36.2 Å². The fourth-order valence-corrected chi connectivity index (χ4v) is 1.59. The van der Waals surface area contributed by atoms with Gasteiger partial charge < -0.3 is 9.84 Å². The van der Waals surface area contributed by atoms with Crippen molar-refractivity contribution in [2.24, 2.45) is 0 Å². The van der Waals surface area contributed by atoms with Crippen molar-refractivity contribution < 1.29 is 4.52 Å². The van der Waals surface area contributed by atoms with Crippen LogP contribution in [0.2, 0.25) is 0 Å². The summed E-state index contributed by atoms with van der Waals surface area (Å²) in [7, 11) is 0. The molecule has 1 aliphatic rings. The van der Waals surface area contributed by atoms with Crippen LogP contribution < -0.4 is 5.32 Å². The first-order chi connectivity index (χ1) is 6.57. The maximum atomic E-state index is 5.24. The van der Waals surface area contributed by atoms with E-state index in [9.17, 15) is 0 Å². The van der Waals surface area contributed by atoms with Gasteiger partial charge in [0.25, 0.3) is 0 Å². The predicted molar refractivity (Wildman–Crippen MR) is 53.0 cm³/mol. The van der Waals surface area contributed by atoms with Crippen LogP contribution in [0.3, 0.4) is 0 Å². The number of nitrogens with zero attached hydrogens (tertiary/aromatic N) is 2. The predicted octanol–water partition coefficient (Wildman–Crippen LogP) is 1.79. The largest absolute Gasteiger partial charge is 0.339 e. The van der Waals surface area contributed by atoms with Gasteiger partial charge in [0.2, 0.25) is 5.89 Å². The zero-order valence-corrected chi connectivity index (χ0v) is 9.00. The van der Waals surface area contributed by atoms with Gasteiger partial charge in [-0.05, 0) is 19.4 Å². The molecular weight excluding hydrogens is 178 g/mol. The average Bonchev–Trinajstić information content (AvgIpc) is 2.73. The minimum absolute atomic E-state index is 0.0517. The van der Waals surface area contributed by atoms with E-state index in [0.717, 1.165) is 24.7 Å². The van der Waals surface area contributed by atoms with Crippen molar-refractivity contribution in [3.63, 3.8) is 0 Å². The summed E-state index contributed by atoms with van der Waals surface area (Å²) in [4.78, 5) is 4.42. The highest BCUT2D eigenvalue weighted by Crippen LogP contribution is 2.24. The first-order valence-electron chi connectivity index (χ1n) is 5.15. The molecule has 0 radical (unpaired) electrons. The third-order valence-electron chi connectivity index (χ3n) is 2.46. The molecule has 0 spiro atoms. The van der Waals surface area contributed by atoms with Gasteiger partial charge >= 0.3 is 0 Å². The Balaban J connectivity index is 2.17. The Morgan fingerprint density at radius 3 is 2.71 bits per heavy atom. The van der Waals surface area contributed by atoms with Crippen LogP contribution in [0, 0.1) is 0 Å². The Hall–Kier alpha value is -0.900. The van der Waals surface area contributed by atoms with E-state index in [4.69, 9.17) is 4.52 Å². The van der Waals surface area contributed by atoms with E-state index < -0.39 is 0 Å².